The number of carbonyl (C=O) groups is 4. The van der Waals surface area contributed by atoms with Gasteiger partial charge in [0.05, 0.1) is 41.9 Å². The Bertz CT molecular complexity index is 1250. The molecule has 5 rings (SSSR count). The molecule has 0 saturated carbocycles. The fourth-order valence-electron chi connectivity index (χ4n) is 6.30. The zero-order chi connectivity index (χ0) is 28.6. The Labute approximate surface area is 237 Å². The molecule has 10 nitrogen and oxygen atoms in total. The van der Waals surface area contributed by atoms with Crippen molar-refractivity contribution in [1.29, 1.82) is 0 Å². The maximum atomic E-state index is 14.4. The van der Waals surface area contributed by atoms with Gasteiger partial charge in [-0.05, 0) is 31.9 Å². The van der Waals surface area contributed by atoms with E-state index < -0.39 is 59.5 Å². The molecule has 2 N–H and O–H groups in total. The van der Waals surface area contributed by atoms with Crippen LogP contribution < -0.4 is 10.2 Å². The Hall–Kier alpha value is -3.21. The van der Waals surface area contributed by atoms with Gasteiger partial charge in [0.15, 0.2) is 0 Å². The first-order valence-electron chi connectivity index (χ1n) is 13.7. The predicted octanol–water partition coefficient (Wildman–Crippen LogP) is 1.99. The lowest BCUT2D eigenvalue weighted by molar-refractivity contribution is -0.159. The molecule has 40 heavy (non-hydrogen) atoms. The number of carbonyl (C=O) groups excluding carboxylic acids is 4. The molecule has 4 heterocycles. The van der Waals surface area contributed by atoms with Crippen molar-refractivity contribution in [3.63, 3.8) is 0 Å². The third-order valence-corrected chi connectivity index (χ3v) is 8.51. The van der Waals surface area contributed by atoms with Crippen molar-refractivity contribution in [3.05, 3.63) is 53.6 Å². The maximum Gasteiger partial charge on any atom is 0.313 e. The monoisotopic (exact) mass is 571 g/mol. The number of nitrogens with one attached hydrogen (secondary N) is 1. The molecule has 4 aliphatic rings. The smallest absolute Gasteiger partial charge is 0.313 e. The summed E-state index contributed by atoms with van der Waals surface area (Å²) >= 11 is 6.48. The molecule has 1 spiro atoms. The van der Waals surface area contributed by atoms with Crippen LogP contribution in [0.25, 0.3) is 0 Å². The lowest BCUT2D eigenvalue weighted by Gasteiger charge is -2.38. The number of rotatable bonds is 4. The molecule has 2 fully saturated rings. The van der Waals surface area contributed by atoms with Crippen LogP contribution in [0.1, 0.15) is 33.1 Å². The van der Waals surface area contributed by atoms with E-state index in [9.17, 15) is 24.3 Å². The molecule has 1 aromatic carbocycles. The number of para-hydroxylation sites is 1. The van der Waals surface area contributed by atoms with E-state index in [1.54, 1.807) is 55.5 Å². The summed E-state index contributed by atoms with van der Waals surface area (Å²) in [5, 5.41) is 13.4. The van der Waals surface area contributed by atoms with Gasteiger partial charge in [-0.1, -0.05) is 55.0 Å². The third-order valence-electron chi connectivity index (χ3n) is 8.19. The number of hydrogen-bond donors (Lipinski definition) is 2. The van der Waals surface area contributed by atoms with Gasteiger partial charge in [-0.15, -0.1) is 0 Å². The van der Waals surface area contributed by atoms with Crippen LogP contribution in [-0.2, 0) is 28.7 Å². The minimum atomic E-state index is -1.48. The van der Waals surface area contributed by atoms with Gasteiger partial charge in [-0.2, -0.15) is 0 Å². The van der Waals surface area contributed by atoms with Gasteiger partial charge < -0.3 is 29.7 Å². The number of likely N-dealkylation sites (tertiary alicyclic amines) is 1. The van der Waals surface area contributed by atoms with Crippen molar-refractivity contribution in [1.82, 2.24) is 10.2 Å². The van der Waals surface area contributed by atoms with Crippen LogP contribution in [0.4, 0.5) is 5.69 Å². The molecule has 0 unspecified atom stereocenters. The van der Waals surface area contributed by atoms with Gasteiger partial charge in [-0.3, -0.25) is 19.2 Å². The van der Waals surface area contributed by atoms with Crippen LogP contribution in [0.15, 0.2) is 48.6 Å². The highest BCUT2D eigenvalue weighted by Gasteiger charge is 2.72. The molecular weight excluding hydrogens is 538 g/mol. The summed E-state index contributed by atoms with van der Waals surface area (Å²) in [5.41, 5.74) is -0.998. The van der Waals surface area contributed by atoms with Crippen LogP contribution in [0.2, 0.25) is 5.02 Å². The van der Waals surface area contributed by atoms with E-state index >= 15 is 0 Å². The number of aliphatic hydroxyl groups excluding tert-OH is 1. The Morgan fingerprint density at radius 3 is 2.67 bits per heavy atom. The number of hydrogen-bond acceptors (Lipinski definition) is 7. The lowest BCUT2D eigenvalue weighted by Crippen LogP contribution is -2.58. The molecule has 214 valence electrons. The van der Waals surface area contributed by atoms with Gasteiger partial charge in [0.25, 0.3) is 5.91 Å². The quantitative estimate of drug-likeness (QED) is 0.418. The van der Waals surface area contributed by atoms with Gasteiger partial charge in [0.1, 0.15) is 23.7 Å². The zero-order valence-corrected chi connectivity index (χ0v) is 23.3. The topological polar surface area (TPSA) is 125 Å². The first-order valence-corrected chi connectivity index (χ1v) is 14.1. The van der Waals surface area contributed by atoms with E-state index in [-0.39, 0.29) is 32.0 Å². The van der Waals surface area contributed by atoms with E-state index in [4.69, 9.17) is 21.1 Å². The number of esters is 1. The van der Waals surface area contributed by atoms with Crippen LogP contribution in [0.5, 0.6) is 0 Å². The SMILES string of the molecule is CC[C@@H](CO)N1C(=O)[C@@H]2[C@H]3C(=O)O[C@H](C)CNC(=O)CC/C=C\[C@H]3O[C@@]23C=CCN(c2ccccc2Cl)C(=O)[C@@H]13. The van der Waals surface area contributed by atoms with Crippen molar-refractivity contribution in [3.8, 4) is 0 Å². The average molecular weight is 572 g/mol. The number of fused-ring (bicyclic) bond motifs is 2. The van der Waals surface area contributed by atoms with Gasteiger partial charge >= 0.3 is 5.97 Å². The number of anilines is 1. The van der Waals surface area contributed by atoms with E-state index in [1.807, 2.05) is 6.92 Å². The van der Waals surface area contributed by atoms with Crippen LogP contribution >= 0.6 is 11.6 Å². The molecule has 4 aliphatic heterocycles. The van der Waals surface area contributed by atoms with E-state index in [0.717, 1.165) is 0 Å². The molecular formula is C29H34ClN3O7. The summed E-state index contributed by atoms with van der Waals surface area (Å²) in [5.74, 6) is -3.76. The number of nitrogens with zero attached hydrogens (tertiary/aromatic N) is 2. The largest absolute Gasteiger partial charge is 0.460 e. The summed E-state index contributed by atoms with van der Waals surface area (Å²) in [6.07, 6.45) is 6.48. The molecule has 2 saturated heterocycles. The molecule has 0 aromatic heterocycles. The summed E-state index contributed by atoms with van der Waals surface area (Å²) in [6.45, 7) is 3.44. The van der Waals surface area contributed by atoms with Crippen LogP contribution in [0.3, 0.4) is 0 Å². The fourth-order valence-corrected chi connectivity index (χ4v) is 6.53. The molecule has 0 bridgehead atoms. The number of amides is 3. The van der Waals surface area contributed by atoms with Gasteiger partial charge in [0, 0.05) is 13.0 Å². The minimum absolute atomic E-state index is 0.138. The van der Waals surface area contributed by atoms with Crippen LogP contribution in [0, 0.1) is 11.8 Å². The average Bonchev–Trinajstić information content (AvgIpc) is 3.32. The maximum absolute atomic E-state index is 14.4. The second-order valence-corrected chi connectivity index (χ2v) is 11.1. The summed E-state index contributed by atoms with van der Waals surface area (Å²) in [4.78, 5) is 57.4. The number of ether oxygens (including phenoxy) is 2. The Balaban J connectivity index is 1.63. The molecule has 3 amide bonds. The second kappa shape index (κ2) is 11.3. The van der Waals surface area contributed by atoms with Crippen molar-refractivity contribution < 1.29 is 33.8 Å². The summed E-state index contributed by atoms with van der Waals surface area (Å²) in [7, 11) is 0. The van der Waals surface area contributed by atoms with Crippen molar-refractivity contribution in [2.75, 3.05) is 24.6 Å². The highest BCUT2D eigenvalue weighted by molar-refractivity contribution is 6.34. The minimum Gasteiger partial charge on any atom is -0.460 e. The Morgan fingerprint density at radius 2 is 1.95 bits per heavy atom. The van der Waals surface area contributed by atoms with Crippen molar-refractivity contribution in [2.45, 2.75) is 63.0 Å². The van der Waals surface area contributed by atoms with E-state index in [1.165, 1.54) is 9.80 Å². The normalized spacial score (nSPS) is 34.0. The predicted molar refractivity (Wildman–Crippen MR) is 146 cm³/mol. The highest BCUT2D eigenvalue weighted by atomic mass is 35.5. The fraction of sp³-hybridized carbons (Fsp3) is 0.517. The lowest BCUT2D eigenvalue weighted by atomic mass is 9.78. The molecule has 7 atom stereocenters. The molecule has 11 heteroatoms. The zero-order valence-electron chi connectivity index (χ0n) is 22.5. The number of aliphatic hydroxyl groups is 1. The van der Waals surface area contributed by atoms with E-state index in [0.29, 0.717) is 23.6 Å². The number of halogens is 1. The van der Waals surface area contributed by atoms with Gasteiger partial charge in [0.2, 0.25) is 11.8 Å². The first kappa shape index (κ1) is 28.3. The Kier molecular flexibility index (Phi) is 8.03. The van der Waals surface area contributed by atoms with Gasteiger partial charge in [-0.25, -0.2) is 0 Å². The second-order valence-electron chi connectivity index (χ2n) is 10.7. The van der Waals surface area contributed by atoms with Crippen molar-refractivity contribution >= 4 is 41.0 Å². The summed E-state index contributed by atoms with van der Waals surface area (Å²) in [6, 6.07) is 5.13. The molecule has 0 radical (unpaired) electrons. The number of allylic oxidation sites excluding steroid dienone is 1. The van der Waals surface area contributed by atoms with Crippen molar-refractivity contribution in [2.24, 2.45) is 11.8 Å². The standard InChI is InChI=1S/C29H34ClN3O7/c1-3-18(16-34)33-25-27(37)32(20-10-5-4-9-19(20)30)14-8-13-29(25)24(26(33)36)23-21(40-29)11-6-7-12-22(35)31-15-17(2)39-28(23)38/h4-6,8-11,13,17-18,21,23-25,34H,3,7,12,14-16H2,1-2H3,(H,31,35)/b11-6-/t17-,18+,21-,23+,24+,25-,29+/m1/s1. The highest BCUT2D eigenvalue weighted by Crippen LogP contribution is 2.54. The number of benzene rings is 1. The number of cyclic esters (lactones) is 1. The molecule has 1 aromatic rings. The first-order chi connectivity index (χ1) is 19.2. The molecule has 0 aliphatic carbocycles. The van der Waals surface area contributed by atoms with Crippen LogP contribution in [-0.4, -0.2) is 83.3 Å². The Morgan fingerprint density at radius 1 is 1.18 bits per heavy atom. The summed E-state index contributed by atoms with van der Waals surface area (Å²) < 4.78 is 12.3. The third kappa shape index (κ3) is 4.71. The van der Waals surface area contributed by atoms with E-state index in [2.05, 4.69) is 5.32 Å².